The third-order valence-electron chi connectivity index (χ3n) is 8.76. The number of phenols is 3. The van der Waals surface area contributed by atoms with E-state index in [1.54, 1.807) is 62.3 Å². The Morgan fingerprint density at radius 2 is 0.650 bits per heavy atom. The molecule has 318 valence electrons. The Hall–Kier alpha value is -6.90. The first-order valence-corrected chi connectivity index (χ1v) is 18.6. The van der Waals surface area contributed by atoms with E-state index >= 15 is 0 Å². The predicted octanol–water partition coefficient (Wildman–Crippen LogP) is 7.09. The zero-order valence-electron chi connectivity index (χ0n) is 34.8. The second-order valence-corrected chi connectivity index (χ2v) is 16.8. The monoisotopic (exact) mass is 828 g/mol. The minimum Gasteiger partial charge on any atom is -0.507 e. The number of carbonyl (C=O) groups is 6. The zero-order valence-corrected chi connectivity index (χ0v) is 34.8. The number of phenolic OH excluding ortho intramolecular Hbond substituents is 3. The van der Waals surface area contributed by atoms with Gasteiger partial charge in [-0.25, -0.2) is 14.4 Å². The Morgan fingerprint density at radius 3 is 0.850 bits per heavy atom. The fourth-order valence-corrected chi connectivity index (χ4v) is 5.75. The molecule has 0 spiro atoms. The number of hydrogen-bond acceptors (Lipinski definition) is 15. The molecule has 4 aromatic carbocycles. The molecular formula is C45H48O15. The number of rotatable bonds is 15. The normalized spacial score (nSPS) is 11.6. The van der Waals surface area contributed by atoms with Gasteiger partial charge in [-0.3, -0.25) is 14.4 Å². The molecule has 0 saturated heterocycles. The molecule has 3 N–H and O–H groups in total. The van der Waals surface area contributed by atoms with Crippen LogP contribution in [0.5, 0.6) is 51.7 Å². The second kappa shape index (κ2) is 18.4. The largest absolute Gasteiger partial charge is 0.507 e. The number of aromatic hydroxyl groups is 3. The number of benzene rings is 4. The van der Waals surface area contributed by atoms with Crippen LogP contribution in [0.3, 0.4) is 0 Å². The number of carbonyl (C=O) groups excluding carboxylic acids is 6. The van der Waals surface area contributed by atoms with E-state index in [0.717, 1.165) is 0 Å². The first-order valence-electron chi connectivity index (χ1n) is 18.6. The molecule has 4 aromatic rings. The Bertz CT molecular complexity index is 2040. The van der Waals surface area contributed by atoms with Gasteiger partial charge in [0, 0.05) is 34.9 Å². The van der Waals surface area contributed by atoms with Crippen molar-refractivity contribution in [2.45, 2.75) is 78.6 Å². The number of esters is 3. The van der Waals surface area contributed by atoms with Crippen molar-refractivity contribution in [2.75, 3.05) is 19.8 Å². The van der Waals surface area contributed by atoms with Gasteiger partial charge in [0.2, 0.25) is 0 Å². The summed E-state index contributed by atoms with van der Waals surface area (Å²) >= 11 is 0. The summed E-state index contributed by atoms with van der Waals surface area (Å²) in [6.45, 7) is 14.2. The summed E-state index contributed by atoms with van der Waals surface area (Å²) in [7, 11) is 0. The van der Waals surface area contributed by atoms with Crippen LogP contribution in [-0.2, 0) is 30.6 Å². The topological polar surface area (TPSA) is 218 Å². The highest BCUT2D eigenvalue weighted by Gasteiger charge is 2.26. The minimum absolute atomic E-state index is 0.0152. The lowest BCUT2D eigenvalue weighted by atomic mass is 9.85. The van der Waals surface area contributed by atoms with Gasteiger partial charge in [0.1, 0.15) is 51.7 Å². The molecular weight excluding hydrogens is 780 g/mol. The Morgan fingerprint density at radius 1 is 0.417 bits per heavy atom. The molecule has 0 saturated carbocycles. The summed E-state index contributed by atoms with van der Waals surface area (Å²) in [6.07, 6.45) is 1.30. The average molecular weight is 829 g/mol. The lowest BCUT2D eigenvalue weighted by molar-refractivity contribution is -0.137. The van der Waals surface area contributed by atoms with Gasteiger partial charge in [-0.1, -0.05) is 62.3 Å². The van der Waals surface area contributed by atoms with Gasteiger partial charge < -0.3 is 43.7 Å². The van der Waals surface area contributed by atoms with E-state index < -0.39 is 54.0 Å². The summed E-state index contributed by atoms with van der Waals surface area (Å²) < 4.78 is 33.2. The molecule has 0 atom stereocenters. The molecule has 0 bridgehead atoms. The maximum atomic E-state index is 12.9. The van der Waals surface area contributed by atoms with E-state index in [-0.39, 0.29) is 68.4 Å². The molecule has 0 aliphatic rings. The van der Waals surface area contributed by atoms with Crippen LogP contribution in [0, 0.1) is 0 Å². The standard InChI is InChI=1S/C45H48O15/c1-43(2,3)34-16-31(10-25(19-46)40(34)52)58-37(49)22-55-28-13-29(56-23-38(50)59-32-11-26(20-47)41(53)35(17-32)44(4,5)6)15-30(14-28)57-24-39(51)60-33-12-27(21-48)42(54)36(18-33)45(7,8)9/h10-21,52-54H,22-24H2,1-9H3. The first kappa shape index (κ1) is 45.8. The highest BCUT2D eigenvalue weighted by Crippen LogP contribution is 2.39. The number of ether oxygens (including phenoxy) is 6. The molecule has 0 radical (unpaired) electrons. The molecule has 60 heavy (non-hydrogen) atoms. The molecule has 15 heteroatoms. The van der Waals surface area contributed by atoms with Crippen molar-refractivity contribution < 1.29 is 72.5 Å². The lowest BCUT2D eigenvalue weighted by Gasteiger charge is -2.22. The Kier molecular flexibility index (Phi) is 14.0. The molecule has 0 unspecified atom stereocenters. The van der Waals surface area contributed by atoms with Gasteiger partial charge in [-0.05, 0) is 52.6 Å². The predicted molar refractivity (Wildman–Crippen MR) is 216 cm³/mol. The zero-order chi connectivity index (χ0) is 44.7. The summed E-state index contributed by atoms with van der Waals surface area (Å²) in [5.74, 6) is -3.56. The third-order valence-corrected chi connectivity index (χ3v) is 8.76. The van der Waals surface area contributed by atoms with Crippen molar-refractivity contribution in [3.05, 3.63) is 88.0 Å². The molecule has 0 aromatic heterocycles. The van der Waals surface area contributed by atoms with Crippen LogP contribution in [0.15, 0.2) is 54.6 Å². The van der Waals surface area contributed by atoms with Crippen LogP contribution in [-0.4, -0.2) is 71.9 Å². The van der Waals surface area contributed by atoms with Crippen molar-refractivity contribution in [1.82, 2.24) is 0 Å². The highest BCUT2D eigenvalue weighted by molar-refractivity contribution is 5.84. The molecule has 0 heterocycles. The van der Waals surface area contributed by atoms with Crippen LogP contribution < -0.4 is 28.4 Å². The van der Waals surface area contributed by atoms with Crippen molar-refractivity contribution in [1.29, 1.82) is 0 Å². The van der Waals surface area contributed by atoms with Crippen molar-refractivity contribution >= 4 is 36.8 Å². The van der Waals surface area contributed by atoms with E-state index in [1.165, 1.54) is 54.6 Å². The first-order chi connectivity index (χ1) is 27.9. The number of aldehydes is 3. The van der Waals surface area contributed by atoms with Crippen molar-refractivity contribution in [3.63, 3.8) is 0 Å². The van der Waals surface area contributed by atoms with Gasteiger partial charge in [-0.2, -0.15) is 0 Å². The van der Waals surface area contributed by atoms with Crippen LogP contribution in [0.4, 0.5) is 0 Å². The van der Waals surface area contributed by atoms with Crippen LogP contribution in [0.1, 0.15) is 110 Å². The fourth-order valence-electron chi connectivity index (χ4n) is 5.75. The summed E-state index contributed by atoms with van der Waals surface area (Å²) in [5.41, 5.74) is -0.950. The maximum Gasteiger partial charge on any atom is 0.349 e. The summed E-state index contributed by atoms with van der Waals surface area (Å²) in [5, 5.41) is 31.5. The maximum absolute atomic E-state index is 12.9. The minimum atomic E-state index is -0.894. The van der Waals surface area contributed by atoms with Crippen molar-refractivity contribution in [3.8, 4) is 51.7 Å². The lowest BCUT2D eigenvalue weighted by Crippen LogP contribution is -2.20. The van der Waals surface area contributed by atoms with E-state index in [4.69, 9.17) is 28.4 Å². The summed E-state index contributed by atoms with van der Waals surface area (Å²) in [6, 6.07) is 11.8. The Labute approximate surface area is 346 Å². The van der Waals surface area contributed by atoms with E-state index in [2.05, 4.69) is 0 Å². The van der Waals surface area contributed by atoms with Gasteiger partial charge in [0.05, 0.1) is 16.7 Å². The molecule has 4 rings (SSSR count). The highest BCUT2D eigenvalue weighted by atomic mass is 16.6. The number of hydrogen-bond donors (Lipinski definition) is 3. The molecule has 0 amide bonds. The fraction of sp³-hybridized carbons (Fsp3) is 0.333. The van der Waals surface area contributed by atoms with Crippen LogP contribution in [0.25, 0.3) is 0 Å². The molecule has 0 aliphatic carbocycles. The van der Waals surface area contributed by atoms with E-state index in [9.17, 15) is 44.1 Å². The smallest absolute Gasteiger partial charge is 0.349 e. The van der Waals surface area contributed by atoms with Gasteiger partial charge in [0.15, 0.2) is 38.7 Å². The molecule has 0 aliphatic heterocycles. The van der Waals surface area contributed by atoms with Crippen molar-refractivity contribution in [2.24, 2.45) is 0 Å². The van der Waals surface area contributed by atoms with Gasteiger partial charge in [-0.15, -0.1) is 0 Å². The van der Waals surface area contributed by atoms with Crippen LogP contribution >= 0.6 is 0 Å². The van der Waals surface area contributed by atoms with E-state index in [1.807, 2.05) is 0 Å². The molecule has 15 nitrogen and oxygen atoms in total. The molecule has 0 fully saturated rings. The van der Waals surface area contributed by atoms with Gasteiger partial charge >= 0.3 is 17.9 Å². The average Bonchev–Trinajstić information content (AvgIpc) is 3.15. The van der Waals surface area contributed by atoms with E-state index in [0.29, 0.717) is 35.5 Å². The SMILES string of the molecule is CC(C)(C)c1cc(OC(=O)COc2cc(OCC(=O)Oc3cc(C=O)c(O)c(C(C)(C)C)c3)cc(OCC(=O)Oc3cc(C=O)c(O)c(C(C)(C)C)c3)c2)cc(C=O)c1O. The second-order valence-electron chi connectivity index (χ2n) is 16.8. The van der Waals surface area contributed by atoms with Crippen LogP contribution in [0.2, 0.25) is 0 Å². The van der Waals surface area contributed by atoms with Gasteiger partial charge in [0.25, 0.3) is 0 Å². The quantitative estimate of drug-likeness (QED) is 0.0619. The Balaban J connectivity index is 1.55. The third kappa shape index (κ3) is 11.8. The summed E-state index contributed by atoms with van der Waals surface area (Å²) in [4.78, 5) is 73.6.